The summed E-state index contributed by atoms with van der Waals surface area (Å²) in [5.41, 5.74) is 0.699. The van der Waals surface area contributed by atoms with E-state index in [1.165, 1.54) is 7.11 Å². The van der Waals surface area contributed by atoms with Crippen LogP contribution in [0, 0.1) is 0 Å². The number of aliphatic hydroxyl groups is 1. The van der Waals surface area contributed by atoms with Gasteiger partial charge in [0.2, 0.25) is 0 Å². The van der Waals surface area contributed by atoms with Crippen LogP contribution in [0.2, 0.25) is 0 Å². The Morgan fingerprint density at radius 2 is 2.05 bits per heavy atom. The van der Waals surface area contributed by atoms with Crippen LogP contribution in [-0.4, -0.2) is 47.9 Å². The molecular weight excluding hydrogens is 282 g/mol. The highest BCUT2D eigenvalue weighted by molar-refractivity contribution is 5.89. The molecule has 0 radical (unpaired) electrons. The average molecular weight is 305 g/mol. The number of benzene rings is 1. The van der Waals surface area contributed by atoms with E-state index in [2.05, 4.69) is 4.90 Å². The van der Waals surface area contributed by atoms with Crippen molar-refractivity contribution in [2.75, 3.05) is 20.2 Å². The van der Waals surface area contributed by atoms with E-state index in [9.17, 15) is 9.90 Å². The van der Waals surface area contributed by atoms with Crippen molar-refractivity contribution in [1.29, 1.82) is 0 Å². The fourth-order valence-corrected chi connectivity index (χ4v) is 3.43. The molecule has 1 N–H and O–H groups in total. The van der Waals surface area contributed by atoms with Crippen molar-refractivity contribution in [2.24, 2.45) is 0 Å². The molecule has 22 heavy (non-hydrogen) atoms. The Balaban J connectivity index is 2.06. The van der Waals surface area contributed by atoms with Gasteiger partial charge in [0, 0.05) is 5.56 Å². The second-order valence-electron chi connectivity index (χ2n) is 6.58. The smallest absolute Gasteiger partial charge is 0.337 e. The molecule has 1 saturated heterocycles. The molecule has 5 heteroatoms. The minimum absolute atomic E-state index is 0.147. The van der Waals surface area contributed by atoms with E-state index in [-0.39, 0.29) is 12.0 Å². The summed E-state index contributed by atoms with van der Waals surface area (Å²) in [7, 11) is 1.37. The van der Waals surface area contributed by atoms with Crippen LogP contribution in [0.1, 0.15) is 48.7 Å². The van der Waals surface area contributed by atoms with Gasteiger partial charge in [-0.15, -0.1) is 0 Å². The number of fused-ring (bicyclic) bond motifs is 1. The Kier molecular flexibility index (Phi) is 3.87. The Morgan fingerprint density at radius 1 is 1.36 bits per heavy atom. The molecule has 0 aliphatic carbocycles. The van der Waals surface area contributed by atoms with Crippen LogP contribution in [0.25, 0.3) is 0 Å². The number of nitrogens with zero attached hydrogens (tertiary/aromatic N) is 1. The molecule has 3 rings (SSSR count). The van der Waals surface area contributed by atoms with Gasteiger partial charge < -0.3 is 14.6 Å². The third-order valence-corrected chi connectivity index (χ3v) is 4.67. The highest BCUT2D eigenvalue weighted by Gasteiger charge is 2.46. The molecule has 2 aliphatic heterocycles. The molecule has 0 saturated carbocycles. The van der Waals surface area contributed by atoms with Gasteiger partial charge in [0.05, 0.1) is 18.7 Å². The second-order valence-corrected chi connectivity index (χ2v) is 6.58. The van der Waals surface area contributed by atoms with E-state index in [0.717, 1.165) is 37.2 Å². The zero-order chi connectivity index (χ0) is 15.9. The Bertz CT molecular complexity index is 578. The van der Waals surface area contributed by atoms with Crippen LogP contribution in [0.5, 0.6) is 5.75 Å². The van der Waals surface area contributed by atoms with Crippen molar-refractivity contribution in [3.05, 3.63) is 29.3 Å². The number of carbonyl (C=O) groups is 1. The number of esters is 1. The summed E-state index contributed by atoms with van der Waals surface area (Å²) in [6.45, 7) is 5.72. The van der Waals surface area contributed by atoms with Crippen molar-refractivity contribution >= 4 is 5.97 Å². The van der Waals surface area contributed by atoms with E-state index >= 15 is 0 Å². The van der Waals surface area contributed by atoms with Gasteiger partial charge in [-0.05, 0) is 58.0 Å². The lowest BCUT2D eigenvalue weighted by molar-refractivity contribution is -0.0895. The number of methoxy groups -OCH3 is 1. The fraction of sp³-hybridized carbons (Fsp3) is 0.588. The fourth-order valence-electron chi connectivity index (χ4n) is 3.43. The van der Waals surface area contributed by atoms with E-state index in [1.54, 1.807) is 18.2 Å². The lowest BCUT2D eigenvalue weighted by Crippen LogP contribution is -2.53. The maximum absolute atomic E-state index is 11.8. The normalized spacial score (nSPS) is 27.1. The first kappa shape index (κ1) is 15.3. The van der Waals surface area contributed by atoms with Crippen LogP contribution in [0.4, 0.5) is 0 Å². The molecule has 2 heterocycles. The molecule has 0 unspecified atom stereocenters. The molecule has 0 spiro atoms. The van der Waals surface area contributed by atoms with Gasteiger partial charge >= 0.3 is 5.97 Å². The maximum atomic E-state index is 11.8. The van der Waals surface area contributed by atoms with Gasteiger partial charge in [0.25, 0.3) is 0 Å². The number of hydrogen-bond acceptors (Lipinski definition) is 5. The molecule has 5 nitrogen and oxygen atoms in total. The molecule has 0 bridgehead atoms. The third kappa shape index (κ3) is 2.48. The summed E-state index contributed by atoms with van der Waals surface area (Å²) >= 11 is 0. The molecule has 0 aromatic heterocycles. The molecule has 0 amide bonds. The van der Waals surface area contributed by atoms with Crippen LogP contribution < -0.4 is 4.74 Å². The Morgan fingerprint density at radius 3 is 2.68 bits per heavy atom. The van der Waals surface area contributed by atoms with Crippen molar-refractivity contribution in [2.45, 2.75) is 44.4 Å². The summed E-state index contributed by atoms with van der Waals surface area (Å²) in [5.74, 6) is 0.363. The first-order valence-corrected chi connectivity index (χ1v) is 7.77. The zero-order valence-electron chi connectivity index (χ0n) is 13.3. The van der Waals surface area contributed by atoms with E-state index < -0.39 is 11.7 Å². The summed E-state index contributed by atoms with van der Waals surface area (Å²) in [6, 6.07) is 5.16. The molecule has 2 atom stereocenters. The summed E-state index contributed by atoms with van der Waals surface area (Å²) in [5, 5.41) is 10.8. The van der Waals surface area contributed by atoms with Crippen LogP contribution >= 0.6 is 0 Å². The number of hydrogen-bond donors (Lipinski definition) is 1. The molecule has 120 valence electrons. The zero-order valence-corrected chi connectivity index (χ0v) is 13.3. The van der Waals surface area contributed by atoms with Crippen molar-refractivity contribution in [3.8, 4) is 5.75 Å². The third-order valence-electron chi connectivity index (χ3n) is 4.67. The van der Waals surface area contributed by atoms with Gasteiger partial charge in [-0.25, -0.2) is 4.79 Å². The topological polar surface area (TPSA) is 59.0 Å². The van der Waals surface area contributed by atoms with Gasteiger partial charge in [-0.3, -0.25) is 4.90 Å². The average Bonchev–Trinajstić information content (AvgIpc) is 3.01. The summed E-state index contributed by atoms with van der Waals surface area (Å²) < 4.78 is 10.8. The minimum Gasteiger partial charge on any atom is -0.485 e. The van der Waals surface area contributed by atoms with Gasteiger partial charge in [0.15, 0.2) is 0 Å². The number of carbonyl (C=O) groups excluding carboxylic acids is 1. The molecular formula is C17H23NO4. The predicted molar refractivity (Wildman–Crippen MR) is 82.0 cm³/mol. The summed E-state index contributed by atoms with van der Waals surface area (Å²) in [6.07, 6.45) is 1.62. The largest absolute Gasteiger partial charge is 0.485 e. The van der Waals surface area contributed by atoms with Crippen molar-refractivity contribution in [1.82, 2.24) is 4.90 Å². The van der Waals surface area contributed by atoms with Gasteiger partial charge in [0.1, 0.15) is 17.5 Å². The van der Waals surface area contributed by atoms with Crippen LogP contribution in [-0.2, 0) is 4.74 Å². The first-order valence-electron chi connectivity index (χ1n) is 7.77. The van der Waals surface area contributed by atoms with E-state index in [4.69, 9.17) is 9.47 Å². The highest BCUT2D eigenvalue weighted by atomic mass is 16.5. The standard InChI is InChI=1S/C17H23NO4/c1-17(2)15(19)14(18-8-4-5-9-18)12-10-11(16(20)21-3)6-7-13(12)22-17/h6-7,10,14-15,19H,4-5,8-9H2,1-3H3/t14-,15+/m0/s1. The monoisotopic (exact) mass is 305 g/mol. The number of aliphatic hydroxyl groups excluding tert-OH is 1. The lowest BCUT2D eigenvalue weighted by atomic mass is 9.85. The van der Waals surface area contributed by atoms with Gasteiger partial charge in [-0.2, -0.15) is 0 Å². The molecule has 1 aromatic carbocycles. The highest BCUT2D eigenvalue weighted by Crippen LogP contribution is 2.44. The quantitative estimate of drug-likeness (QED) is 0.848. The summed E-state index contributed by atoms with van der Waals surface area (Å²) in [4.78, 5) is 14.1. The maximum Gasteiger partial charge on any atom is 0.337 e. The first-order chi connectivity index (χ1) is 10.4. The Labute approximate surface area is 130 Å². The second kappa shape index (κ2) is 5.56. The van der Waals surface area contributed by atoms with E-state index in [0.29, 0.717) is 5.56 Å². The van der Waals surface area contributed by atoms with Crippen molar-refractivity contribution < 1.29 is 19.4 Å². The number of rotatable bonds is 2. The number of likely N-dealkylation sites (tertiary alicyclic amines) is 1. The van der Waals surface area contributed by atoms with Gasteiger partial charge in [-0.1, -0.05) is 0 Å². The number of ether oxygens (including phenoxy) is 2. The van der Waals surface area contributed by atoms with Crippen LogP contribution in [0.3, 0.4) is 0 Å². The lowest BCUT2D eigenvalue weighted by Gasteiger charge is -2.45. The predicted octanol–water partition coefficient (Wildman–Crippen LogP) is 2.14. The SMILES string of the molecule is COC(=O)c1ccc2c(c1)[C@H](N1CCCC1)[C@@H](O)C(C)(C)O2. The molecule has 2 aliphatic rings. The Hall–Kier alpha value is -1.59. The minimum atomic E-state index is -0.660. The van der Waals surface area contributed by atoms with E-state index in [1.807, 2.05) is 13.8 Å². The van der Waals surface area contributed by atoms with Crippen LogP contribution in [0.15, 0.2) is 18.2 Å². The molecule has 1 fully saturated rings. The van der Waals surface area contributed by atoms with Crippen molar-refractivity contribution in [3.63, 3.8) is 0 Å². The molecule has 1 aromatic rings.